The maximum Gasteiger partial charge on any atom is 0.213 e. The van der Waals surface area contributed by atoms with E-state index in [9.17, 15) is 0 Å². The van der Waals surface area contributed by atoms with Gasteiger partial charge < -0.3 is 20.5 Å². The summed E-state index contributed by atoms with van der Waals surface area (Å²) in [6.45, 7) is 4.83. The number of guanidine groups is 1. The molecule has 0 aliphatic carbocycles. The lowest BCUT2D eigenvalue weighted by Gasteiger charge is -2.11. The second-order valence-corrected chi connectivity index (χ2v) is 4.73. The van der Waals surface area contributed by atoms with Crippen LogP contribution in [0.3, 0.4) is 0 Å². The average Bonchev–Trinajstić information content (AvgIpc) is 2.96. The van der Waals surface area contributed by atoms with Gasteiger partial charge in [-0.15, -0.1) is 0 Å². The predicted octanol–water partition coefficient (Wildman–Crippen LogP) is 1.06. The molecule has 1 atom stereocenters. The third-order valence-electron chi connectivity index (χ3n) is 2.96. The lowest BCUT2D eigenvalue weighted by molar-refractivity contribution is 0.138. The molecule has 0 spiro atoms. The average molecular weight is 278 g/mol. The minimum atomic E-state index is 0.109. The van der Waals surface area contributed by atoms with E-state index in [2.05, 4.69) is 22.2 Å². The second-order valence-electron chi connectivity index (χ2n) is 4.73. The molecular formula is C14H22N4O2. The van der Waals surface area contributed by atoms with E-state index in [0.717, 1.165) is 31.6 Å². The summed E-state index contributed by atoms with van der Waals surface area (Å²) >= 11 is 0. The van der Waals surface area contributed by atoms with E-state index in [1.807, 2.05) is 12.1 Å². The van der Waals surface area contributed by atoms with Crippen molar-refractivity contribution in [1.29, 1.82) is 0 Å². The first-order chi connectivity index (χ1) is 9.78. The number of nitrogens with two attached hydrogens (primary N) is 1. The summed E-state index contributed by atoms with van der Waals surface area (Å²) in [6, 6.07) is 3.81. The Morgan fingerprint density at radius 1 is 1.65 bits per heavy atom. The van der Waals surface area contributed by atoms with Gasteiger partial charge in [0.25, 0.3) is 0 Å². The lowest BCUT2D eigenvalue weighted by atomic mass is 10.2. The van der Waals surface area contributed by atoms with Crippen molar-refractivity contribution >= 4 is 5.96 Å². The fourth-order valence-corrected chi connectivity index (χ4v) is 1.88. The standard InChI is InChI=1S/C14H22N4O2/c1-2-5-17-14(15)18-9-11-3-6-16-13(8-11)20-12-4-7-19-10-12/h3,6,8,12H,2,4-5,7,9-10H2,1H3,(H3,15,17,18). The Balaban J connectivity index is 1.88. The highest BCUT2D eigenvalue weighted by molar-refractivity contribution is 5.77. The third kappa shape index (κ3) is 4.70. The molecule has 3 N–H and O–H groups in total. The fourth-order valence-electron chi connectivity index (χ4n) is 1.88. The molecule has 1 fully saturated rings. The molecule has 0 radical (unpaired) electrons. The summed E-state index contributed by atoms with van der Waals surface area (Å²) < 4.78 is 11.0. The highest BCUT2D eigenvalue weighted by Gasteiger charge is 2.17. The van der Waals surface area contributed by atoms with Gasteiger partial charge in [-0.3, -0.25) is 0 Å². The molecule has 0 bridgehead atoms. The summed E-state index contributed by atoms with van der Waals surface area (Å²) in [5, 5.41) is 3.04. The minimum absolute atomic E-state index is 0.109. The molecule has 2 rings (SSSR count). The van der Waals surface area contributed by atoms with Crippen molar-refractivity contribution in [3.63, 3.8) is 0 Å². The number of aromatic nitrogens is 1. The molecule has 2 heterocycles. The van der Waals surface area contributed by atoms with Gasteiger partial charge in [-0.1, -0.05) is 6.92 Å². The van der Waals surface area contributed by atoms with Crippen LogP contribution < -0.4 is 15.8 Å². The second kappa shape index (κ2) is 7.69. The molecule has 1 unspecified atom stereocenters. The van der Waals surface area contributed by atoms with Crippen LogP contribution in [0.2, 0.25) is 0 Å². The highest BCUT2D eigenvalue weighted by atomic mass is 16.5. The van der Waals surface area contributed by atoms with E-state index >= 15 is 0 Å². The number of rotatable bonds is 6. The quantitative estimate of drug-likeness (QED) is 0.601. The number of nitrogens with zero attached hydrogens (tertiary/aromatic N) is 2. The van der Waals surface area contributed by atoms with Gasteiger partial charge in [-0.25, -0.2) is 9.98 Å². The summed E-state index contributed by atoms with van der Waals surface area (Å²) in [5.74, 6) is 1.09. The molecule has 0 saturated carbocycles. The molecule has 20 heavy (non-hydrogen) atoms. The van der Waals surface area contributed by atoms with Crippen LogP contribution in [0.15, 0.2) is 23.3 Å². The molecule has 110 valence electrons. The summed E-state index contributed by atoms with van der Waals surface area (Å²) in [5.41, 5.74) is 6.78. The Bertz CT molecular complexity index is 445. The zero-order valence-electron chi connectivity index (χ0n) is 11.8. The lowest BCUT2D eigenvalue weighted by Crippen LogP contribution is -2.32. The van der Waals surface area contributed by atoms with Gasteiger partial charge in [-0.2, -0.15) is 0 Å². The third-order valence-corrected chi connectivity index (χ3v) is 2.96. The van der Waals surface area contributed by atoms with Gasteiger partial charge in [0.2, 0.25) is 5.88 Å². The van der Waals surface area contributed by atoms with Crippen LogP contribution in [0, 0.1) is 0 Å². The van der Waals surface area contributed by atoms with Crippen molar-refractivity contribution in [3.05, 3.63) is 23.9 Å². The summed E-state index contributed by atoms with van der Waals surface area (Å²) in [4.78, 5) is 8.49. The van der Waals surface area contributed by atoms with E-state index in [4.69, 9.17) is 15.2 Å². The van der Waals surface area contributed by atoms with Crippen molar-refractivity contribution in [2.45, 2.75) is 32.4 Å². The van der Waals surface area contributed by atoms with Crippen LogP contribution in [0.25, 0.3) is 0 Å². The maximum atomic E-state index is 5.76. The van der Waals surface area contributed by atoms with E-state index in [0.29, 0.717) is 25.0 Å². The molecule has 6 heteroatoms. The zero-order chi connectivity index (χ0) is 14.2. The predicted molar refractivity (Wildman–Crippen MR) is 77.7 cm³/mol. The van der Waals surface area contributed by atoms with Crippen molar-refractivity contribution in [2.75, 3.05) is 19.8 Å². The van der Waals surface area contributed by atoms with Crippen molar-refractivity contribution in [1.82, 2.24) is 10.3 Å². The zero-order valence-corrected chi connectivity index (χ0v) is 11.8. The number of aliphatic imine (C=N–C) groups is 1. The van der Waals surface area contributed by atoms with E-state index < -0.39 is 0 Å². The van der Waals surface area contributed by atoms with E-state index in [-0.39, 0.29) is 6.10 Å². The van der Waals surface area contributed by atoms with Crippen LogP contribution in [0.1, 0.15) is 25.3 Å². The van der Waals surface area contributed by atoms with Crippen LogP contribution in [0.5, 0.6) is 5.88 Å². The van der Waals surface area contributed by atoms with E-state index in [1.54, 1.807) is 6.20 Å². The van der Waals surface area contributed by atoms with Crippen molar-refractivity contribution in [3.8, 4) is 5.88 Å². The summed E-state index contributed by atoms with van der Waals surface area (Å²) in [7, 11) is 0. The first-order valence-electron chi connectivity index (χ1n) is 7.01. The number of hydrogen-bond donors (Lipinski definition) is 2. The maximum absolute atomic E-state index is 5.76. The topological polar surface area (TPSA) is 81.8 Å². The van der Waals surface area contributed by atoms with E-state index in [1.165, 1.54) is 0 Å². The van der Waals surface area contributed by atoms with Gasteiger partial charge in [0.05, 0.1) is 19.8 Å². The van der Waals surface area contributed by atoms with Gasteiger partial charge in [-0.05, 0) is 18.1 Å². The Hall–Kier alpha value is -1.82. The number of pyridine rings is 1. The minimum Gasteiger partial charge on any atom is -0.472 e. The van der Waals surface area contributed by atoms with Crippen LogP contribution in [-0.4, -0.2) is 36.8 Å². The number of nitrogens with one attached hydrogen (secondary N) is 1. The Morgan fingerprint density at radius 3 is 3.30 bits per heavy atom. The molecule has 1 aromatic heterocycles. The molecule has 6 nitrogen and oxygen atoms in total. The Kier molecular flexibility index (Phi) is 5.61. The SMILES string of the molecule is CCCNC(N)=NCc1ccnc(OC2CCOC2)c1. The first kappa shape index (κ1) is 14.6. The normalized spacial score (nSPS) is 19.1. The fraction of sp³-hybridized carbons (Fsp3) is 0.571. The smallest absolute Gasteiger partial charge is 0.213 e. The molecule has 1 aliphatic rings. The van der Waals surface area contributed by atoms with Crippen LogP contribution in [-0.2, 0) is 11.3 Å². The highest BCUT2D eigenvalue weighted by Crippen LogP contribution is 2.16. The monoisotopic (exact) mass is 278 g/mol. The molecule has 0 aromatic carbocycles. The Labute approximate surface area is 119 Å². The molecule has 1 aliphatic heterocycles. The van der Waals surface area contributed by atoms with Crippen molar-refractivity contribution < 1.29 is 9.47 Å². The number of hydrogen-bond acceptors (Lipinski definition) is 4. The first-order valence-corrected chi connectivity index (χ1v) is 7.01. The number of ether oxygens (including phenoxy) is 2. The largest absolute Gasteiger partial charge is 0.472 e. The van der Waals surface area contributed by atoms with Gasteiger partial charge in [0, 0.05) is 25.2 Å². The molecular weight excluding hydrogens is 256 g/mol. The summed E-state index contributed by atoms with van der Waals surface area (Å²) in [6.07, 6.45) is 3.77. The van der Waals surface area contributed by atoms with Crippen LogP contribution in [0.4, 0.5) is 0 Å². The molecule has 1 aromatic rings. The van der Waals surface area contributed by atoms with Crippen LogP contribution >= 0.6 is 0 Å². The molecule has 0 amide bonds. The van der Waals surface area contributed by atoms with Gasteiger partial charge in [0.1, 0.15) is 6.10 Å². The van der Waals surface area contributed by atoms with Crippen molar-refractivity contribution in [2.24, 2.45) is 10.7 Å². The molecule has 1 saturated heterocycles. The Morgan fingerprint density at radius 2 is 2.55 bits per heavy atom. The van der Waals surface area contributed by atoms with Gasteiger partial charge in [0.15, 0.2) is 5.96 Å². The van der Waals surface area contributed by atoms with Gasteiger partial charge >= 0.3 is 0 Å².